The fourth-order valence-electron chi connectivity index (χ4n) is 3.18. The first-order valence-electron chi connectivity index (χ1n) is 8.35. The summed E-state index contributed by atoms with van der Waals surface area (Å²) in [6, 6.07) is 13.2. The van der Waals surface area contributed by atoms with E-state index in [1.54, 1.807) is 24.3 Å². The molecule has 1 aliphatic rings. The van der Waals surface area contributed by atoms with Crippen LogP contribution in [0.15, 0.2) is 42.5 Å². The molecule has 2 heterocycles. The van der Waals surface area contributed by atoms with Crippen molar-refractivity contribution < 1.29 is 4.79 Å². The van der Waals surface area contributed by atoms with E-state index in [-0.39, 0.29) is 5.91 Å². The minimum absolute atomic E-state index is 0.160. The first-order chi connectivity index (χ1) is 12.5. The van der Waals surface area contributed by atoms with Crippen LogP contribution in [-0.4, -0.2) is 15.7 Å². The number of nitrogens with zero attached hydrogens (tertiary/aromatic N) is 2. The van der Waals surface area contributed by atoms with E-state index in [0.29, 0.717) is 10.6 Å². The summed E-state index contributed by atoms with van der Waals surface area (Å²) in [6.07, 6.45) is 0. The Balaban J connectivity index is 1.75. The van der Waals surface area contributed by atoms with Gasteiger partial charge in [0.05, 0.1) is 11.4 Å². The molecule has 3 aromatic rings. The molecule has 0 aliphatic carbocycles. The molecule has 0 fully saturated rings. The fourth-order valence-corrected chi connectivity index (χ4v) is 4.34. The van der Waals surface area contributed by atoms with Crippen LogP contribution < -0.4 is 5.32 Å². The van der Waals surface area contributed by atoms with Crippen LogP contribution in [0.4, 0.5) is 5.82 Å². The fraction of sp³-hybridized carbons (Fsp3) is 0.200. The van der Waals surface area contributed by atoms with Gasteiger partial charge in [-0.25, -0.2) is 4.68 Å². The predicted octanol–water partition coefficient (Wildman–Crippen LogP) is 5.14. The number of carbonyl (C=O) groups excluding carboxylic acids is 1. The number of aryl methyl sites for hydroxylation is 2. The van der Waals surface area contributed by atoms with Gasteiger partial charge in [-0.15, -0.1) is 0 Å². The van der Waals surface area contributed by atoms with Crippen molar-refractivity contribution in [1.29, 1.82) is 0 Å². The summed E-state index contributed by atoms with van der Waals surface area (Å²) in [5.41, 5.74) is 6.02. The summed E-state index contributed by atoms with van der Waals surface area (Å²) in [4.78, 5) is 12.7. The maximum absolute atomic E-state index is 12.7. The minimum Gasteiger partial charge on any atom is -0.306 e. The monoisotopic (exact) mass is 383 g/mol. The van der Waals surface area contributed by atoms with E-state index in [9.17, 15) is 4.79 Å². The van der Waals surface area contributed by atoms with Crippen LogP contribution in [0.25, 0.3) is 5.69 Å². The first kappa shape index (κ1) is 17.2. The molecule has 0 radical (unpaired) electrons. The summed E-state index contributed by atoms with van der Waals surface area (Å²) >= 11 is 7.74. The maximum Gasteiger partial charge on any atom is 0.256 e. The van der Waals surface area contributed by atoms with Crippen LogP contribution in [0.2, 0.25) is 5.02 Å². The lowest BCUT2D eigenvalue weighted by Gasteiger charge is -2.12. The van der Waals surface area contributed by atoms with Crippen molar-refractivity contribution >= 4 is 35.1 Å². The molecule has 132 valence electrons. The Kier molecular flexibility index (Phi) is 4.51. The number of fused-ring (bicyclic) bond motifs is 1. The second-order valence-corrected chi connectivity index (χ2v) is 7.91. The highest BCUT2D eigenvalue weighted by atomic mass is 35.5. The topological polar surface area (TPSA) is 46.9 Å². The van der Waals surface area contributed by atoms with Crippen LogP contribution in [0.5, 0.6) is 0 Å². The number of carbonyl (C=O) groups is 1. The highest BCUT2D eigenvalue weighted by Crippen LogP contribution is 2.36. The lowest BCUT2D eigenvalue weighted by molar-refractivity contribution is 0.102. The Hall–Kier alpha value is -2.24. The Morgan fingerprint density at radius 1 is 1.12 bits per heavy atom. The van der Waals surface area contributed by atoms with E-state index in [1.807, 2.05) is 16.4 Å². The normalized spacial score (nSPS) is 12.9. The van der Waals surface area contributed by atoms with Crippen LogP contribution in [-0.2, 0) is 11.5 Å². The number of rotatable bonds is 3. The van der Waals surface area contributed by atoms with Gasteiger partial charge < -0.3 is 5.32 Å². The largest absolute Gasteiger partial charge is 0.306 e. The van der Waals surface area contributed by atoms with Gasteiger partial charge in [0.1, 0.15) is 5.82 Å². The van der Waals surface area contributed by atoms with Crippen molar-refractivity contribution in [3.63, 3.8) is 0 Å². The number of benzene rings is 2. The van der Waals surface area contributed by atoms with Gasteiger partial charge in [0.25, 0.3) is 5.91 Å². The van der Waals surface area contributed by atoms with Crippen LogP contribution >= 0.6 is 23.4 Å². The zero-order valence-corrected chi connectivity index (χ0v) is 16.1. The standard InChI is InChI=1S/C20H18ClN3OS/c1-12-7-13(2)9-16(8-12)24-19(17-10-26-11-18(17)23-24)22-20(25)14-3-5-15(21)6-4-14/h3-9H,10-11H2,1-2H3,(H,22,25). The zero-order chi connectivity index (χ0) is 18.3. The third kappa shape index (κ3) is 3.24. The van der Waals surface area contributed by atoms with Crippen LogP contribution in [0, 0.1) is 13.8 Å². The number of hydrogen-bond donors (Lipinski definition) is 1. The van der Waals surface area contributed by atoms with Crippen molar-refractivity contribution in [2.75, 3.05) is 5.32 Å². The third-order valence-electron chi connectivity index (χ3n) is 4.34. The van der Waals surface area contributed by atoms with Crippen molar-refractivity contribution in [3.05, 3.63) is 75.4 Å². The molecular formula is C20H18ClN3OS. The quantitative estimate of drug-likeness (QED) is 0.681. The molecule has 0 bridgehead atoms. The third-order valence-corrected chi connectivity index (χ3v) is 5.56. The summed E-state index contributed by atoms with van der Waals surface area (Å²) in [5.74, 6) is 2.33. The first-order valence-corrected chi connectivity index (χ1v) is 9.88. The van der Waals surface area contributed by atoms with E-state index in [2.05, 4.69) is 37.4 Å². The molecule has 0 atom stereocenters. The molecule has 0 spiro atoms. The summed E-state index contributed by atoms with van der Waals surface area (Å²) in [5, 5.41) is 8.44. The van der Waals surface area contributed by atoms with E-state index in [1.165, 1.54) is 11.1 Å². The van der Waals surface area contributed by atoms with Gasteiger partial charge in [-0.05, 0) is 61.4 Å². The molecule has 1 amide bonds. The van der Waals surface area contributed by atoms with E-state index in [4.69, 9.17) is 16.7 Å². The maximum atomic E-state index is 12.7. The average Bonchev–Trinajstić information content (AvgIpc) is 3.17. The molecule has 6 heteroatoms. The number of halogens is 1. The molecule has 1 aliphatic heterocycles. The second kappa shape index (κ2) is 6.82. The van der Waals surface area contributed by atoms with Gasteiger partial charge >= 0.3 is 0 Å². The highest BCUT2D eigenvalue weighted by molar-refractivity contribution is 7.98. The molecule has 2 aromatic carbocycles. The Labute approximate surface area is 161 Å². The summed E-state index contributed by atoms with van der Waals surface area (Å²) in [7, 11) is 0. The summed E-state index contributed by atoms with van der Waals surface area (Å²) < 4.78 is 1.86. The Morgan fingerprint density at radius 2 is 1.81 bits per heavy atom. The molecule has 4 rings (SSSR count). The number of hydrogen-bond acceptors (Lipinski definition) is 3. The predicted molar refractivity (Wildman–Crippen MR) is 107 cm³/mol. The van der Waals surface area contributed by atoms with E-state index >= 15 is 0 Å². The SMILES string of the molecule is Cc1cc(C)cc(-n2nc3c(c2NC(=O)c2ccc(Cl)cc2)CSC3)c1. The van der Waals surface area contributed by atoms with E-state index in [0.717, 1.165) is 34.3 Å². The molecule has 0 saturated heterocycles. The number of thioether (sulfide) groups is 1. The van der Waals surface area contributed by atoms with Gasteiger partial charge in [0.15, 0.2) is 0 Å². The van der Waals surface area contributed by atoms with Crippen molar-refractivity contribution in [1.82, 2.24) is 9.78 Å². The smallest absolute Gasteiger partial charge is 0.256 e. The van der Waals surface area contributed by atoms with Crippen LogP contribution in [0.1, 0.15) is 32.7 Å². The van der Waals surface area contributed by atoms with Gasteiger partial charge in [0.2, 0.25) is 0 Å². The average molecular weight is 384 g/mol. The number of anilines is 1. The number of aromatic nitrogens is 2. The Bertz CT molecular complexity index is 975. The second-order valence-electron chi connectivity index (χ2n) is 6.49. The molecule has 0 saturated carbocycles. The van der Waals surface area contributed by atoms with Gasteiger partial charge in [-0.1, -0.05) is 17.7 Å². The van der Waals surface area contributed by atoms with Crippen molar-refractivity contribution in [3.8, 4) is 5.69 Å². The highest BCUT2D eigenvalue weighted by Gasteiger charge is 2.25. The van der Waals surface area contributed by atoms with Gasteiger partial charge in [0, 0.05) is 27.7 Å². The van der Waals surface area contributed by atoms with E-state index < -0.39 is 0 Å². The molecular weight excluding hydrogens is 366 g/mol. The summed E-state index contributed by atoms with van der Waals surface area (Å²) in [6.45, 7) is 4.13. The lowest BCUT2D eigenvalue weighted by Crippen LogP contribution is -2.16. The van der Waals surface area contributed by atoms with Crippen molar-refractivity contribution in [2.45, 2.75) is 25.4 Å². The zero-order valence-electron chi connectivity index (χ0n) is 14.5. The lowest BCUT2D eigenvalue weighted by atomic mass is 10.1. The van der Waals surface area contributed by atoms with Gasteiger partial charge in [-0.3, -0.25) is 4.79 Å². The van der Waals surface area contributed by atoms with Gasteiger partial charge in [-0.2, -0.15) is 16.9 Å². The number of amides is 1. The molecule has 1 aromatic heterocycles. The Morgan fingerprint density at radius 3 is 2.50 bits per heavy atom. The molecule has 4 nitrogen and oxygen atoms in total. The number of nitrogens with one attached hydrogen (secondary N) is 1. The van der Waals surface area contributed by atoms with Crippen molar-refractivity contribution in [2.24, 2.45) is 0 Å². The molecule has 26 heavy (non-hydrogen) atoms. The van der Waals surface area contributed by atoms with Crippen LogP contribution in [0.3, 0.4) is 0 Å². The minimum atomic E-state index is -0.160. The molecule has 0 unspecified atom stereocenters. The molecule has 1 N–H and O–H groups in total.